The molecule has 4 heteroatoms. The molecule has 0 saturated carbocycles. The Morgan fingerprint density at radius 3 is 2.62 bits per heavy atom. The van der Waals surface area contributed by atoms with Crippen LogP contribution in [0.4, 0.5) is 10.2 Å². The van der Waals surface area contributed by atoms with Gasteiger partial charge in [0.1, 0.15) is 11.6 Å². The second-order valence-electron chi connectivity index (χ2n) is 3.55. The van der Waals surface area contributed by atoms with Crippen LogP contribution < -0.4 is 5.73 Å². The van der Waals surface area contributed by atoms with Crippen LogP contribution in [-0.4, -0.2) is 4.98 Å². The molecular formula is C12H10ClFN2. The lowest BCUT2D eigenvalue weighted by atomic mass is 10.0. The van der Waals surface area contributed by atoms with E-state index in [1.807, 2.05) is 6.92 Å². The fourth-order valence-corrected chi connectivity index (χ4v) is 1.73. The number of hydrogen-bond donors (Lipinski definition) is 1. The van der Waals surface area contributed by atoms with E-state index in [1.165, 1.54) is 6.07 Å². The number of nitrogens with two attached hydrogens (primary N) is 1. The molecule has 0 spiro atoms. The molecule has 0 radical (unpaired) electrons. The van der Waals surface area contributed by atoms with E-state index >= 15 is 0 Å². The first-order chi connectivity index (χ1) is 7.58. The van der Waals surface area contributed by atoms with Gasteiger partial charge >= 0.3 is 0 Å². The van der Waals surface area contributed by atoms with Crippen LogP contribution in [0.2, 0.25) is 5.02 Å². The fourth-order valence-electron chi connectivity index (χ4n) is 1.57. The van der Waals surface area contributed by atoms with Gasteiger partial charge < -0.3 is 5.73 Å². The van der Waals surface area contributed by atoms with Crippen molar-refractivity contribution in [2.24, 2.45) is 0 Å². The minimum absolute atomic E-state index is 0.359. The third-order valence-electron chi connectivity index (χ3n) is 2.35. The number of aromatic nitrogens is 1. The summed E-state index contributed by atoms with van der Waals surface area (Å²) in [5.41, 5.74) is 7.63. The van der Waals surface area contributed by atoms with Gasteiger partial charge in [-0.15, -0.1) is 0 Å². The van der Waals surface area contributed by atoms with Crippen LogP contribution in [0.5, 0.6) is 0 Å². The van der Waals surface area contributed by atoms with Gasteiger partial charge in [-0.05, 0) is 36.8 Å². The molecule has 0 unspecified atom stereocenters. The summed E-state index contributed by atoms with van der Waals surface area (Å²) in [5, 5.41) is 0.377. The molecule has 0 aliphatic heterocycles. The van der Waals surface area contributed by atoms with Crippen molar-refractivity contribution in [2.45, 2.75) is 6.92 Å². The molecule has 1 aromatic heterocycles. The van der Waals surface area contributed by atoms with Crippen LogP contribution in [0, 0.1) is 12.7 Å². The van der Waals surface area contributed by atoms with Gasteiger partial charge in [0.15, 0.2) is 0 Å². The second-order valence-corrected chi connectivity index (χ2v) is 3.98. The highest BCUT2D eigenvalue weighted by molar-refractivity contribution is 6.30. The maximum atomic E-state index is 13.7. The molecule has 0 aliphatic rings. The zero-order valence-corrected chi connectivity index (χ0v) is 9.42. The molecule has 2 rings (SSSR count). The van der Waals surface area contributed by atoms with Crippen molar-refractivity contribution in [1.82, 2.24) is 4.98 Å². The topological polar surface area (TPSA) is 38.9 Å². The highest BCUT2D eigenvalue weighted by Gasteiger charge is 2.08. The molecule has 16 heavy (non-hydrogen) atoms. The van der Waals surface area contributed by atoms with E-state index in [2.05, 4.69) is 4.98 Å². The Morgan fingerprint density at radius 2 is 2.00 bits per heavy atom. The Morgan fingerprint density at radius 1 is 1.25 bits per heavy atom. The molecule has 0 amide bonds. The summed E-state index contributed by atoms with van der Waals surface area (Å²) in [6.45, 7) is 1.86. The van der Waals surface area contributed by atoms with Gasteiger partial charge in [0.05, 0.1) is 0 Å². The number of halogens is 2. The summed E-state index contributed by atoms with van der Waals surface area (Å²) in [4.78, 5) is 3.96. The molecular weight excluding hydrogens is 227 g/mol. The SMILES string of the molecule is Cc1cc(N)ncc1-c1ccc(Cl)cc1F. The van der Waals surface area contributed by atoms with Gasteiger partial charge in [0.25, 0.3) is 0 Å². The molecule has 0 atom stereocenters. The van der Waals surface area contributed by atoms with Crippen molar-refractivity contribution in [3.63, 3.8) is 0 Å². The molecule has 0 saturated heterocycles. The first kappa shape index (κ1) is 10.9. The zero-order chi connectivity index (χ0) is 11.7. The van der Waals surface area contributed by atoms with Crippen molar-refractivity contribution >= 4 is 17.4 Å². The third kappa shape index (κ3) is 1.99. The molecule has 0 bridgehead atoms. The van der Waals surface area contributed by atoms with E-state index in [4.69, 9.17) is 17.3 Å². The van der Waals surface area contributed by atoms with Crippen LogP contribution in [0.25, 0.3) is 11.1 Å². The predicted octanol–water partition coefficient (Wildman–Crippen LogP) is 3.43. The number of nitrogens with zero attached hydrogens (tertiary/aromatic N) is 1. The van der Waals surface area contributed by atoms with Gasteiger partial charge in [0, 0.05) is 22.3 Å². The summed E-state index contributed by atoms with van der Waals surface area (Å²) in [6.07, 6.45) is 1.57. The highest BCUT2D eigenvalue weighted by Crippen LogP contribution is 2.27. The summed E-state index contributed by atoms with van der Waals surface area (Å²) < 4.78 is 13.7. The Kier molecular flexibility index (Phi) is 2.79. The monoisotopic (exact) mass is 236 g/mol. The maximum absolute atomic E-state index is 13.7. The number of rotatable bonds is 1. The second kappa shape index (κ2) is 4.10. The highest BCUT2D eigenvalue weighted by atomic mass is 35.5. The predicted molar refractivity (Wildman–Crippen MR) is 63.8 cm³/mol. The number of benzene rings is 1. The lowest BCUT2D eigenvalue weighted by Crippen LogP contribution is -1.94. The van der Waals surface area contributed by atoms with Crippen molar-refractivity contribution in [3.8, 4) is 11.1 Å². The minimum Gasteiger partial charge on any atom is -0.384 e. The number of anilines is 1. The average molecular weight is 237 g/mol. The molecule has 1 aromatic carbocycles. The van der Waals surface area contributed by atoms with E-state index in [9.17, 15) is 4.39 Å². The fraction of sp³-hybridized carbons (Fsp3) is 0.0833. The van der Waals surface area contributed by atoms with E-state index in [-0.39, 0.29) is 5.82 Å². The summed E-state index contributed by atoms with van der Waals surface area (Å²) in [5.74, 6) is 0.0674. The van der Waals surface area contributed by atoms with Crippen LogP contribution in [0.15, 0.2) is 30.5 Å². The van der Waals surface area contributed by atoms with Gasteiger partial charge in [-0.3, -0.25) is 0 Å². The minimum atomic E-state index is -0.359. The van der Waals surface area contributed by atoms with Gasteiger partial charge in [-0.1, -0.05) is 11.6 Å². The normalized spacial score (nSPS) is 10.4. The number of aryl methyl sites for hydroxylation is 1. The van der Waals surface area contributed by atoms with E-state index in [0.717, 1.165) is 11.1 Å². The average Bonchev–Trinajstić information content (AvgIpc) is 2.19. The Hall–Kier alpha value is -1.61. The van der Waals surface area contributed by atoms with Gasteiger partial charge in [-0.2, -0.15) is 0 Å². The molecule has 2 nitrogen and oxygen atoms in total. The van der Waals surface area contributed by atoms with E-state index in [1.54, 1.807) is 24.4 Å². The lowest BCUT2D eigenvalue weighted by Gasteiger charge is -2.07. The maximum Gasteiger partial charge on any atom is 0.132 e. The van der Waals surface area contributed by atoms with Crippen molar-refractivity contribution in [1.29, 1.82) is 0 Å². The van der Waals surface area contributed by atoms with Crippen LogP contribution in [0.1, 0.15) is 5.56 Å². The van der Waals surface area contributed by atoms with Gasteiger partial charge in [-0.25, -0.2) is 9.37 Å². The summed E-state index contributed by atoms with van der Waals surface area (Å²) >= 11 is 5.69. The van der Waals surface area contributed by atoms with E-state index < -0.39 is 0 Å². The standard InChI is InChI=1S/C12H10ClFN2/c1-7-4-12(15)16-6-10(7)9-3-2-8(13)5-11(9)14/h2-6H,1H3,(H2,15,16). The van der Waals surface area contributed by atoms with Gasteiger partial charge in [0.2, 0.25) is 0 Å². The molecule has 2 aromatic rings. The molecule has 2 N–H and O–H groups in total. The van der Waals surface area contributed by atoms with Crippen LogP contribution in [-0.2, 0) is 0 Å². The van der Waals surface area contributed by atoms with Crippen molar-refractivity contribution in [2.75, 3.05) is 5.73 Å². The molecule has 0 fully saturated rings. The molecule has 1 heterocycles. The quantitative estimate of drug-likeness (QED) is 0.824. The lowest BCUT2D eigenvalue weighted by molar-refractivity contribution is 0.631. The largest absolute Gasteiger partial charge is 0.384 e. The van der Waals surface area contributed by atoms with E-state index in [0.29, 0.717) is 16.4 Å². The molecule has 82 valence electrons. The van der Waals surface area contributed by atoms with Crippen molar-refractivity contribution < 1.29 is 4.39 Å². The van der Waals surface area contributed by atoms with Crippen LogP contribution in [0.3, 0.4) is 0 Å². The summed E-state index contributed by atoms with van der Waals surface area (Å²) in [6, 6.07) is 6.28. The number of hydrogen-bond acceptors (Lipinski definition) is 2. The first-order valence-electron chi connectivity index (χ1n) is 4.75. The summed E-state index contributed by atoms with van der Waals surface area (Å²) in [7, 11) is 0. The Labute approximate surface area is 97.9 Å². The molecule has 0 aliphatic carbocycles. The van der Waals surface area contributed by atoms with Crippen LogP contribution >= 0.6 is 11.6 Å². The number of nitrogen functional groups attached to an aromatic ring is 1. The third-order valence-corrected chi connectivity index (χ3v) is 2.59. The smallest absolute Gasteiger partial charge is 0.132 e. The Balaban J connectivity index is 2.59. The number of pyridine rings is 1. The van der Waals surface area contributed by atoms with Crippen molar-refractivity contribution in [3.05, 3.63) is 46.9 Å². The Bertz CT molecular complexity index is 491. The zero-order valence-electron chi connectivity index (χ0n) is 8.67. The first-order valence-corrected chi connectivity index (χ1v) is 5.13.